The van der Waals surface area contributed by atoms with Gasteiger partial charge in [-0.3, -0.25) is 15.2 Å². The van der Waals surface area contributed by atoms with E-state index >= 15 is 0 Å². The fraction of sp³-hybridized carbons (Fsp3) is 0.500. The Morgan fingerprint density at radius 3 is 1.88 bits per heavy atom. The van der Waals surface area contributed by atoms with Gasteiger partial charge in [0.15, 0.2) is 0 Å². The highest BCUT2D eigenvalue weighted by Gasteiger charge is 2.33. The number of carbonyl (C=O) groups excluding carboxylic acids is 1. The van der Waals surface area contributed by atoms with E-state index < -0.39 is 0 Å². The molecule has 1 heterocycles. The SMILES string of the molecule is CN1C(=N)N(C)C1=O. The molecular formula is C4H7N3O. The Bertz CT molecular complexity index is 123. The highest BCUT2D eigenvalue weighted by molar-refractivity contribution is 6.12. The van der Waals surface area contributed by atoms with E-state index in [1.807, 2.05) is 0 Å². The first-order valence-corrected chi connectivity index (χ1v) is 2.24. The number of nitrogens with zero attached hydrogens (tertiary/aromatic N) is 2. The van der Waals surface area contributed by atoms with E-state index in [2.05, 4.69) is 0 Å². The van der Waals surface area contributed by atoms with Gasteiger partial charge in [-0.2, -0.15) is 0 Å². The third-order valence-electron chi connectivity index (χ3n) is 1.21. The first-order valence-electron chi connectivity index (χ1n) is 2.24. The summed E-state index contributed by atoms with van der Waals surface area (Å²) in [6.07, 6.45) is 0. The molecule has 0 aromatic heterocycles. The number of nitrogens with one attached hydrogen (secondary N) is 1. The molecule has 4 nitrogen and oxygen atoms in total. The Morgan fingerprint density at radius 2 is 1.75 bits per heavy atom. The predicted molar refractivity (Wildman–Crippen MR) is 28.6 cm³/mol. The van der Waals surface area contributed by atoms with Crippen LogP contribution in [0.5, 0.6) is 0 Å². The molecule has 0 unspecified atom stereocenters. The van der Waals surface area contributed by atoms with Crippen molar-refractivity contribution in [2.75, 3.05) is 14.1 Å². The van der Waals surface area contributed by atoms with Gasteiger partial charge < -0.3 is 0 Å². The first kappa shape index (κ1) is 5.08. The van der Waals surface area contributed by atoms with Gasteiger partial charge in [0.05, 0.1) is 0 Å². The standard InChI is InChI=1S/C4H7N3O/c1-6-3(5)7(2)4(6)8/h5H,1-2H3. The van der Waals surface area contributed by atoms with Crippen molar-refractivity contribution in [1.82, 2.24) is 9.80 Å². The van der Waals surface area contributed by atoms with Crippen LogP contribution in [0.1, 0.15) is 0 Å². The number of urea groups is 1. The lowest BCUT2D eigenvalue weighted by atomic mass is 10.5. The summed E-state index contributed by atoms with van der Waals surface area (Å²) >= 11 is 0. The molecule has 4 heteroatoms. The average Bonchev–Trinajstić information content (AvgIpc) is 1.83. The third kappa shape index (κ3) is 0.344. The molecule has 0 radical (unpaired) electrons. The second-order valence-corrected chi connectivity index (χ2v) is 1.72. The lowest BCUT2D eigenvalue weighted by Crippen LogP contribution is -2.60. The summed E-state index contributed by atoms with van der Waals surface area (Å²) in [5.74, 6) is 0.259. The maximum Gasteiger partial charge on any atom is 0.333 e. The summed E-state index contributed by atoms with van der Waals surface area (Å²) in [5.41, 5.74) is 0. The summed E-state index contributed by atoms with van der Waals surface area (Å²) in [4.78, 5) is 13.0. The highest BCUT2D eigenvalue weighted by atomic mass is 16.2. The Labute approximate surface area is 47.2 Å². The normalized spacial score (nSPS) is 19.2. The van der Waals surface area contributed by atoms with Crippen LogP contribution in [0, 0.1) is 5.41 Å². The van der Waals surface area contributed by atoms with E-state index in [1.54, 1.807) is 14.1 Å². The monoisotopic (exact) mass is 113 g/mol. The van der Waals surface area contributed by atoms with E-state index in [1.165, 1.54) is 9.80 Å². The first-order chi connectivity index (χ1) is 3.64. The van der Waals surface area contributed by atoms with Crippen molar-refractivity contribution in [2.24, 2.45) is 0 Å². The van der Waals surface area contributed by atoms with Crippen LogP contribution < -0.4 is 0 Å². The Hall–Kier alpha value is -1.06. The second-order valence-electron chi connectivity index (χ2n) is 1.72. The Balaban J connectivity index is 2.68. The summed E-state index contributed by atoms with van der Waals surface area (Å²) < 4.78 is 0. The van der Waals surface area contributed by atoms with Crippen molar-refractivity contribution in [3.8, 4) is 0 Å². The van der Waals surface area contributed by atoms with Gasteiger partial charge in [0.2, 0.25) is 5.96 Å². The topological polar surface area (TPSA) is 47.4 Å². The maximum absolute atomic E-state index is 10.5. The van der Waals surface area contributed by atoms with Crippen LogP contribution in [0.15, 0.2) is 0 Å². The van der Waals surface area contributed by atoms with Gasteiger partial charge in [0.25, 0.3) is 0 Å². The minimum Gasteiger partial charge on any atom is -0.268 e. The lowest BCUT2D eigenvalue weighted by molar-refractivity contribution is 0.182. The van der Waals surface area contributed by atoms with Gasteiger partial charge >= 0.3 is 6.03 Å². The van der Waals surface area contributed by atoms with Crippen molar-refractivity contribution in [1.29, 1.82) is 5.41 Å². The van der Waals surface area contributed by atoms with Crippen molar-refractivity contribution in [3.05, 3.63) is 0 Å². The summed E-state index contributed by atoms with van der Waals surface area (Å²) in [5, 5.41) is 7.00. The number of hydrogen-bond donors (Lipinski definition) is 1. The van der Waals surface area contributed by atoms with E-state index in [-0.39, 0.29) is 12.0 Å². The molecule has 1 aliphatic rings. The van der Waals surface area contributed by atoms with Crippen LogP contribution >= 0.6 is 0 Å². The molecule has 1 rings (SSSR count). The van der Waals surface area contributed by atoms with E-state index in [0.29, 0.717) is 0 Å². The third-order valence-corrected chi connectivity index (χ3v) is 1.21. The molecule has 0 aliphatic carbocycles. The minimum atomic E-state index is -0.116. The van der Waals surface area contributed by atoms with Crippen LogP contribution in [-0.4, -0.2) is 35.9 Å². The molecule has 0 saturated carbocycles. The molecule has 0 atom stereocenters. The van der Waals surface area contributed by atoms with Gasteiger partial charge in [-0.1, -0.05) is 0 Å². The Morgan fingerprint density at radius 1 is 1.38 bits per heavy atom. The fourth-order valence-electron chi connectivity index (χ4n) is 0.586. The zero-order valence-corrected chi connectivity index (χ0v) is 4.80. The molecule has 0 bridgehead atoms. The lowest BCUT2D eigenvalue weighted by Gasteiger charge is -2.36. The van der Waals surface area contributed by atoms with Gasteiger partial charge in [0, 0.05) is 14.1 Å². The number of carbonyl (C=O) groups is 1. The van der Waals surface area contributed by atoms with Crippen LogP contribution in [-0.2, 0) is 0 Å². The molecule has 1 fully saturated rings. The molecule has 1 N–H and O–H groups in total. The Kier molecular flexibility index (Phi) is 0.770. The molecule has 0 spiro atoms. The van der Waals surface area contributed by atoms with Crippen molar-refractivity contribution in [3.63, 3.8) is 0 Å². The van der Waals surface area contributed by atoms with E-state index in [0.717, 1.165) is 0 Å². The van der Waals surface area contributed by atoms with Crippen molar-refractivity contribution in [2.45, 2.75) is 0 Å². The van der Waals surface area contributed by atoms with E-state index in [4.69, 9.17) is 5.41 Å². The zero-order valence-electron chi connectivity index (χ0n) is 4.80. The zero-order chi connectivity index (χ0) is 6.31. The molecule has 8 heavy (non-hydrogen) atoms. The molecular weight excluding hydrogens is 106 g/mol. The van der Waals surface area contributed by atoms with Gasteiger partial charge in [0.1, 0.15) is 0 Å². The van der Waals surface area contributed by atoms with Crippen LogP contribution in [0.3, 0.4) is 0 Å². The molecule has 0 aromatic rings. The second kappa shape index (κ2) is 1.21. The molecule has 2 amide bonds. The minimum absolute atomic E-state index is 0.116. The summed E-state index contributed by atoms with van der Waals surface area (Å²) in [6, 6.07) is -0.116. The summed E-state index contributed by atoms with van der Waals surface area (Å²) in [7, 11) is 3.15. The molecule has 1 aliphatic heterocycles. The predicted octanol–water partition coefficient (Wildman–Crippen LogP) is -0.0816. The number of hydrogen-bond acceptors (Lipinski definition) is 2. The number of guanidine groups is 1. The fourth-order valence-corrected chi connectivity index (χ4v) is 0.586. The van der Waals surface area contributed by atoms with Crippen LogP contribution in [0.25, 0.3) is 0 Å². The molecule has 44 valence electrons. The van der Waals surface area contributed by atoms with Gasteiger partial charge in [-0.15, -0.1) is 0 Å². The van der Waals surface area contributed by atoms with Gasteiger partial charge in [-0.25, -0.2) is 4.79 Å². The maximum atomic E-state index is 10.5. The average molecular weight is 113 g/mol. The quantitative estimate of drug-likeness (QED) is 0.469. The summed E-state index contributed by atoms with van der Waals surface area (Å²) in [6.45, 7) is 0. The number of amides is 2. The van der Waals surface area contributed by atoms with Gasteiger partial charge in [-0.05, 0) is 0 Å². The highest BCUT2D eigenvalue weighted by Crippen LogP contribution is 2.07. The smallest absolute Gasteiger partial charge is 0.268 e. The largest absolute Gasteiger partial charge is 0.333 e. The van der Waals surface area contributed by atoms with Crippen LogP contribution in [0.2, 0.25) is 0 Å². The van der Waals surface area contributed by atoms with Crippen molar-refractivity contribution < 1.29 is 4.79 Å². The van der Waals surface area contributed by atoms with Crippen molar-refractivity contribution >= 4 is 12.0 Å². The molecule has 1 saturated heterocycles. The number of rotatable bonds is 0. The molecule has 0 aromatic carbocycles. The van der Waals surface area contributed by atoms with E-state index in [9.17, 15) is 4.79 Å². The van der Waals surface area contributed by atoms with Crippen LogP contribution in [0.4, 0.5) is 4.79 Å².